The minimum absolute atomic E-state index is 0.146. The summed E-state index contributed by atoms with van der Waals surface area (Å²) in [5.74, 6) is -1.25. The molecule has 0 unspecified atom stereocenters. The molecule has 2 aromatic rings. The number of carbonyl (C=O) groups is 2. The van der Waals surface area contributed by atoms with Crippen LogP contribution in [0.4, 0.5) is 5.69 Å². The zero-order valence-electron chi connectivity index (χ0n) is 10.5. The highest BCUT2D eigenvalue weighted by molar-refractivity contribution is 5.92. The van der Waals surface area contributed by atoms with Gasteiger partial charge in [-0.15, -0.1) is 0 Å². The molecule has 5 nitrogen and oxygen atoms in total. The number of nitrogens with one attached hydrogen (secondary N) is 1. The Kier molecular flexibility index (Phi) is 3.66. The number of aromatic nitrogens is 1. The first-order chi connectivity index (χ1) is 9.06. The Morgan fingerprint density at radius 2 is 1.95 bits per heavy atom. The molecule has 0 fully saturated rings. The zero-order valence-corrected chi connectivity index (χ0v) is 10.5. The molecule has 0 aliphatic rings. The van der Waals surface area contributed by atoms with Crippen molar-refractivity contribution in [3.63, 3.8) is 0 Å². The number of carboxylic acid groups (broad SMARTS) is 1. The molecule has 0 atom stereocenters. The van der Waals surface area contributed by atoms with Crippen molar-refractivity contribution in [1.29, 1.82) is 0 Å². The second-order valence-corrected chi connectivity index (χ2v) is 4.21. The molecule has 19 heavy (non-hydrogen) atoms. The summed E-state index contributed by atoms with van der Waals surface area (Å²) >= 11 is 0. The van der Waals surface area contributed by atoms with E-state index in [2.05, 4.69) is 5.32 Å². The van der Waals surface area contributed by atoms with Crippen molar-refractivity contribution < 1.29 is 14.7 Å². The maximum absolute atomic E-state index is 11.2. The van der Waals surface area contributed by atoms with Gasteiger partial charge in [-0.25, -0.2) is 4.79 Å². The van der Waals surface area contributed by atoms with Crippen LogP contribution in [0.3, 0.4) is 0 Å². The Hall–Kier alpha value is -2.56. The first-order valence-corrected chi connectivity index (χ1v) is 5.81. The number of aromatic carboxylic acids is 1. The van der Waals surface area contributed by atoms with Gasteiger partial charge in [0.15, 0.2) is 0 Å². The molecule has 1 heterocycles. The summed E-state index contributed by atoms with van der Waals surface area (Å²) in [4.78, 5) is 22.2. The van der Waals surface area contributed by atoms with Gasteiger partial charge in [0.1, 0.15) is 5.69 Å². The fourth-order valence-corrected chi connectivity index (χ4v) is 1.87. The van der Waals surface area contributed by atoms with Crippen molar-refractivity contribution in [2.75, 3.05) is 5.32 Å². The Labute approximate surface area is 110 Å². The monoisotopic (exact) mass is 258 g/mol. The number of amides is 1. The molecule has 1 aromatic heterocycles. The van der Waals surface area contributed by atoms with Crippen LogP contribution in [0.5, 0.6) is 0 Å². The van der Waals surface area contributed by atoms with E-state index in [0.717, 1.165) is 5.56 Å². The van der Waals surface area contributed by atoms with Gasteiger partial charge in [-0.1, -0.05) is 30.3 Å². The van der Waals surface area contributed by atoms with Gasteiger partial charge >= 0.3 is 5.97 Å². The summed E-state index contributed by atoms with van der Waals surface area (Å²) in [7, 11) is 0. The Morgan fingerprint density at radius 1 is 1.26 bits per heavy atom. The van der Waals surface area contributed by atoms with Crippen molar-refractivity contribution in [3.05, 3.63) is 53.9 Å². The highest BCUT2D eigenvalue weighted by Gasteiger charge is 2.13. The van der Waals surface area contributed by atoms with E-state index in [0.29, 0.717) is 12.2 Å². The van der Waals surface area contributed by atoms with Crippen LogP contribution in [0.1, 0.15) is 23.0 Å². The first kappa shape index (κ1) is 12.9. The number of nitrogens with zero attached hydrogens (tertiary/aromatic N) is 1. The molecule has 0 radical (unpaired) electrons. The minimum atomic E-state index is -1.02. The van der Waals surface area contributed by atoms with E-state index in [1.807, 2.05) is 30.3 Å². The van der Waals surface area contributed by atoms with Gasteiger partial charge in [-0.3, -0.25) is 4.79 Å². The third kappa shape index (κ3) is 3.22. The average molecular weight is 258 g/mol. The fourth-order valence-electron chi connectivity index (χ4n) is 1.87. The molecular weight excluding hydrogens is 244 g/mol. The van der Waals surface area contributed by atoms with Crippen LogP contribution in [-0.4, -0.2) is 21.6 Å². The summed E-state index contributed by atoms with van der Waals surface area (Å²) in [6, 6.07) is 11.0. The Balaban J connectivity index is 2.30. The number of carbonyl (C=O) groups excluding carboxylic acids is 1. The molecule has 98 valence electrons. The smallest absolute Gasteiger partial charge is 0.352 e. The number of benzene rings is 1. The van der Waals surface area contributed by atoms with Crippen molar-refractivity contribution in [1.82, 2.24) is 4.57 Å². The maximum atomic E-state index is 11.2. The molecule has 0 saturated carbocycles. The molecule has 0 bridgehead atoms. The third-order valence-corrected chi connectivity index (χ3v) is 2.63. The number of anilines is 1. The molecule has 1 aromatic carbocycles. The predicted octanol–water partition coefficient (Wildman–Crippen LogP) is 2.19. The number of hydrogen-bond donors (Lipinski definition) is 2. The van der Waals surface area contributed by atoms with Crippen LogP contribution in [0.2, 0.25) is 0 Å². The van der Waals surface area contributed by atoms with Crippen molar-refractivity contribution in [2.45, 2.75) is 13.5 Å². The van der Waals surface area contributed by atoms with Gasteiger partial charge in [0, 0.05) is 19.7 Å². The van der Waals surface area contributed by atoms with Gasteiger partial charge in [-0.2, -0.15) is 0 Å². The van der Waals surface area contributed by atoms with Crippen LogP contribution in [0.15, 0.2) is 42.6 Å². The van der Waals surface area contributed by atoms with E-state index in [9.17, 15) is 9.59 Å². The van der Waals surface area contributed by atoms with Crippen molar-refractivity contribution >= 4 is 17.6 Å². The maximum Gasteiger partial charge on any atom is 0.352 e. The van der Waals surface area contributed by atoms with Gasteiger partial charge in [0.05, 0.1) is 5.69 Å². The molecule has 1 amide bonds. The standard InChI is InChI=1S/C14H14N2O3/c1-10(17)15-12-7-13(14(18)19)16(9-12)8-11-5-3-2-4-6-11/h2-7,9H,8H2,1H3,(H,15,17)(H,18,19). The lowest BCUT2D eigenvalue weighted by Crippen LogP contribution is -2.08. The van der Waals surface area contributed by atoms with E-state index < -0.39 is 5.97 Å². The first-order valence-electron chi connectivity index (χ1n) is 5.81. The van der Waals surface area contributed by atoms with E-state index in [1.165, 1.54) is 13.0 Å². The van der Waals surface area contributed by atoms with Crippen LogP contribution in [0, 0.1) is 0 Å². The summed E-state index contributed by atoms with van der Waals surface area (Å²) in [5, 5.41) is 11.7. The third-order valence-electron chi connectivity index (χ3n) is 2.63. The fraction of sp³-hybridized carbons (Fsp3) is 0.143. The lowest BCUT2D eigenvalue weighted by Gasteiger charge is -2.05. The molecule has 0 spiro atoms. The molecule has 2 N–H and O–H groups in total. The molecular formula is C14H14N2O3. The lowest BCUT2D eigenvalue weighted by molar-refractivity contribution is -0.114. The topological polar surface area (TPSA) is 71.3 Å². The number of carboxylic acids is 1. The molecule has 0 aliphatic heterocycles. The Morgan fingerprint density at radius 3 is 2.53 bits per heavy atom. The summed E-state index contributed by atoms with van der Waals surface area (Å²) < 4.78 is 1.60. The summed E-state index contributed by atoms with van der Waals surface area (Å²) in [5.41, 5.74) is 1.63. The summed E-state index contributed by atoms with van der Waals surface area (Å²) in [6.07, 6.45) is 1.62. The minimum Gasteiger partial charge on any atom is -0.477 e. The largest absolute Gasteiger partial charge is 0.477 e. The van der Waals surface area contributed by atoms with Gasteiger partial charge < -0.3 is 15.0 Å². The zero-order chi connectivity index (χ0) is 13.8. The van der Waals surface area contributed by atoms with Crippen LogP contribution in [0.25, 0.3) is 0 Å². The SMILES string of the molecule is CC(=O)Nc1cc(C(=O)O)n(Cc2ccccc2)c1. The number of rotatable bonds is 4. The Bertz CT molecular complexity index is 602. The van der Waals surface area contributed by atoms with Crippen LogP contribution < -0.4 is 5.32 Å². The van der Waals surface area contributed by atoms with E-state index >= 15 is 0 Å². The number of hydrogen-bond acceptors (Lipinski definition) is 2. The van der Waals surface area contributed by atoms with E-state index in [4.69, 9.17) is 5.11 Å². The molecule has 0 aliphatic carbocycles. The van der Waals surface area contributed by atoms with Crippen LogP contribution in [-0.2, 0) is 11.3 Å². The van der Waals surface area contributed by atoms with E-state index in [1.54, 1.807) is 10.8 Å². The molecule has 2 rings (SSSR count). The molecule has 5 heteroatoms. The van der Waals surface area contributed by atoms with Crippen LogP contribution >= 0.6 is 0 Å². The molecule has 0 saturated heterocycles. The second-order valence-electron chi connectivity index (χ2n) is 4.21. The average Bonchev–Trinajstić information content (AvgIpc) is 2.72. The van der Waals surface area contributed by atoms with Crippen molar-refractivity contribution in [3.8, 4) is 0 Å². The highest BCUT2D eigenvalue weighted by atomic mass is 16.4. The second kappa shape index (κ2) is 5.39. The predicted molar refractivity (Wildman–Crippen MR) is 71.2 cm³/mol. The van der Waals surface area contributed by atoms with Crippen molar-refractivity contribution in [2.24, 2.45) is 0 Å². The quantitative estimate of drug-likeness (QED) is 0.883. The highest BCUT2D eigenvalue weighted by Crippen LogP contribution is 2.16. The van der Waals surface area contributed by atoms with E-state index in [-0.39, 0.29) is 11.6 Å². The summed E-state index contributed by atoms with van der Waals surface area (Å²) in [6.45, 7) is 1.83. The van der Waals surface area contributed by atoms with Gasteiger partial charge in [0.25, 0.3) is 0 Å². The normalized spacial score (nSPS) is 10.2. The van der Waals surface area contributed by atoms with Gasteiger partial charge in [0.2, 0.25) is 5.91 Å². The lowest BCUT2D eigenvalue weighted by atomic mass is 10.2. The van der Waals surface area contributed by atoms with Gasteiger partial charge in [-0.05, 0) is 11.6 Å².